The van der Waals surface area contributed by atoms with E-state index < -0.39 is 5.97 Å². The Labute approximate surface area is 70.6 Å². The highest BCUT2D eigenvalue weighted by molar-refractivity contribution is 5.69. The largest absolute Gasteiger partial charge is 0.481 e. The van der Waals surface area contributed by atoms with Crippen molar-refractivity contribution in [2.24, 2.45) is 12.8 Å². The third-order valence-corrected chi connectivity index (χ3v) is 1.73. The van der Waals surface area contributed by atoms with E-state index in [9.17, 15) is 4.79 Å². The number of hydrogen-bond acceptors (Lipinski definition) is 2. The van der Waals surface area contributed by atoms with Gasteiger partial charge in [0.05, 0.1) is 6.42 Å². The first-order valence-corrected chi connectivity index (χ1v) is 3.69. The number of rotatable bonds is 3. The second kappa shape index (κ2) is 3.40. The van der Waals surface area contributed by atoms with Gasteiger partial charge in [0.15, 0.2) is 0 Å². The van der Waals surface area contributed by atoms with Gasteiger partial charge in [-0.25, -0.2) is 0 Å². The van der Waals surface area contributed by atoms with Crippen molar-refractivity contribution in [1.82, 2.24) is 4.57 Å². The molecule has 4 heteroatoms. The Morgan fingerprint density at radius 2 is 2.42 bits per heavy atom. The molecule has 0 atom stereocenters. The summed E-state index contributed by atoms with van der Waals surface area (Å²) in [6.07, 6.45) is 1.90. The highest BCUT2D eigenvalue weighted by Crippen LogP contribution is 2.06. The number of hydrogen-bond donors (Lipinski definition) is 2. The number of carbonyl (C=O) groups is 1. The number of aromatic nitrogens is 1. The Hall–Kier alpha value is -1.29. The van der Waals surface area contributed by atoms with E-state index in [0.717, 1.165) is 11.3 Å². The van der Waals surface area contributed by atoms with Gasteiger partial charge in [-0.05, 0) is 11.6 Å². The highest BCUT2D eigenvalue weighted by Gasteiger charge is 2.05. The molecule has 0 fully saturated rings. The lowest BCUT2D eigenvalue weighted by atomic mass is 10.2. The van der Waals surface area contributed by atoms with Crippen LogP contribution in [0.2, 0.25) is 0 Å². The molecule has 1 aromatic heterocycles. The number of nitrogens with zero attached hydrogens (tertiary/aromatic N) is 1. The van der Waals surface area contributed by atoms with Crippen LogP contribution in [0, 0.1) is 0 Å². The Morgan fingerprint density at radius 3 is 2.83 bits per heavy atom. The van der Waals surface area contributed by atoms with Crippen LogP contribution in [0.5, 0.6) is 0 Å². The molecule has 0 aliphatic rings. The first-order valence-electron chi connectivity index (χ1n) is 3.69. The third kappa shape index (κ3) is 1.85. The van der Waals surface area contributed by atoms with E-state index in [2.05, 4.69) is 0 Å². The van der Waals surface area contributed by atoms with Gasteiger partial charge in [0.25, 0.3) is 0 Å². The summed E-state index contributed by atoms with van der Waals surface area (Å²) in [5.74, 6) is -0.820. The van der Waals surface area contributed by atoms with Crippen molar-refractivity contribution in [1.29, 1.82) is 0 Å². The summed E-state index contributed by atoms with van der Waals surface area (Å²) in [4.78, 5) is 10.4. The molecule has 0 amide bonds. The second-order valence-corrected chi connectivity index (χ2v) is 2.73. The van der Waals surface area contributed by atoms with Crippen LogP contribution in [0.3, 0.4) is 0 Å². The third-order valence-electron chi connectivity index (χ3n) is 1.73. The van der Waals surface area contributed by atoms with Gasteiger partial charge in [-0.15, -0.1) is 0 Å². The molecule has 0 bridgehead atoms. The first kappa shape index (κ1) is 8.80. The van der Waals surface area contributed by atoms with E-state index in [0.29, 0.717) is 6.54 Å². The molecule has 0 saturated heterocycles. The molecule has 12 heavy (non-hydrogen) atoms. The first-order chi connectivity index (χ1) is 5.63. The van der Waals surface area contributed by atoms with Gasteiger partial charge in [-0.2, -0.15) is 0 Å². The lowest BCUT2D eigenvalue weighted by molar-refractivity contribution is -0.136. The monoisotopic (exact) mass is 168 g/mol. The van der Waals surface area contributed by atoms with Crippen molar-refractivity contribution in [3.8, 4) is 0 Å². The fourth-order valence-electron chi connectivity index (χ4n) is 1.13. The molecule has 1 heterocycles. The summed E-state index contributed by atoms with van der Waals surface area (Å²) in [6, 6.07) is 1.81. The Bertz CT molecular complexity index is 291. The molecule has 0 aromatic carbocycles. The van der Waals surface area contributed by atoms with Crippen LogP contribution in [-0.2, 0) is 24.8 Å². The number of aliphatic carboxylic acids is 1. The predicted octanol–water partition coefficient (Wildman–Crippen LogP) is 0.111. The Morgan fingerprint density at radius 1 is 1.75 bits per heavy atom. The van der Waals surface area contributed by atoms with Crippen LogP contribution >= 0.6 is 0 Å². The van der Waals surface area contributed by atoms with Gasteiger partial charge in [-0.3, -0.25) is 4.79 Å². The topological polar surface area (TPSA) is 68.2 Å². The number of carboxylic acid groups (broad SMARTS) is 1. The smallest absolute Gasteiger partial charge is 0.309 e. The van der Waals surface area contributed by atoms with Crippen LogP contribution in [0.4, 0.5) is 0 Å². The maximum atomic E-state index is 10.4. The van der Waals surface area contributed by atoms with Crippen molar-refractivity contribution < 1.29 is 9.90 Å². The molecular weight excluding hydrogens is 156 g/mol. The summed E-state index contributed by atoms with van der Waals surface area (Å²) in [7, 11) is 1.82. The fraction of sp³-hybridized carbons (Fsp3) is 0.375. The minimum Gasteiger partial charge on any atom is -0.481 e. The lowest BCUT2D eigenvalue weighted by Crippen LogP contribution is -2.04. The minimum atomic E-state index is -0.820. The van der Waals surface area contributed by atoms with E-state index in [4.69, 9.17) is 10.8 Å². The summed E-state index contributed by atoms with van der Waals surface area (Å²) in [6.45, 7) is 0.452. The fourth-order valence-corrected chi connectivity index (χ4v) is 1.13. The van der Waals surface area contributed by atoms with Crippen LogP contribution < -0.4 is 5.73 Å². The molecule has 0 saturated carbocycles. The molecule has 1 rings (SSSR count). The van der Waals surface area contributed by atoms with E-state index in [1.165, 1.54) is 0 Å². The van der Waals surface area contributed by atoms with Gasteiger partial charge >= 0.3 is 5.97 Å². The summed E-state index contributed by atoms with van der Waals surface area (Å²) < 4.78 is 1.79. The lowest BCUT2D eigenvalue weighted by Gasteiger charge is -1.96. The number of nitrogens with two attached hydrogens (primary N) is 1. The summed E-state index contributed by atoms with van der Waals surface area (Å²) in [5, 5.41) is 8.53. The highest BCUT2D eigenvalue weighted by atomic mass is 16.4. The van der Waals surface area contributed by atoms with Crippen molar-refractivity contribution in [3.63, 3.8) is 0 Å². The zero-order chi connectivity index (χ0) is 9.14. The van der Waals surface area contributed by atoms with Gasteiger partial charge in [0.1, 0.15) is 0 Å². The standard InChI is InChI=1S/C8H12N2O2/c1-10-5-6(4-9)2-7(10)3-8(11)12/h2,5H,3-4,9H2,1H3,(H,11,12). The molecule has 0 aliphatic heterocycles. The average Bonchev–Trinajstić information content (AvgIpc) is 2.31. The van der Waals surface area contributed by atoms with Crippen molar-refractivity contribution in [3.05, 3.63) is 23.5 Å². The predicted molar refractivity (Wildman–Crippen MR) is 44.6 cm³/mol. The Kier molecular flexibility index (Phi) is 2.50. The zero-order valence-electron chi connectivity index (χ0n) is 6.95. The maximum absolute atomic E-state index is 10.4. The normalized spacial score (nSPS) is 10.2. The van der Waals surface area contributed by atoms with Crippen LogP contribution in [0.15, 0.2) is 12.3 Å². The van der Waals surface area contributed by atoms with E-state index in [-0.39, 0.29) is 6.42 Å². The number of carboxylic acids is 1. The SMILES string of the molecule is Cn1cc(CN)cc1CC(=O)O. The average molecular weight is 168 g/mol. The van der Waals surface area contributed by atoms with Crippen LogP contribution in [0.25, 0.3) is 0 Å². The van der Waals surface area contributed by atoms with E-state index in [1.54, 1.807) is 4.57 Å². The molecule has 3 N–H and O–H groups in total. The van der Waals surface area contributed by atoms with Crippen LogP contribution in [-0.4, -0.2) is 15.6 Å². The molecule has 66 valence electrons. The van der Waals surface area contributed by atoms with Crippen molar-refractivity contribution in [2.75, 3.05) is 0 Å². The second-order valence-electron chi connectivity index (χ2n) is 2.73. The Balaban J connectivity index is 2.84. The molecule has 0 spiro atoms. The van der Waals surface area contributed by atoms with E-state index in [1.807, 2.05) is 19.3 Å². The van der Waals surface area contributed by atoms with Crippen molar-refractivity contribution >= 4 is 5.97 Å². The van der Waals surface area contributed by atoms with E-state index >= 15 is 0 Å². The molecule has 0 aliphatic carbocycles. The summed E-state index contributed by atoms with van der Waals surface area (Å²) >= 11 is 0. The van der Waals surface area contributed by atoms with Gasteiger partial charge < -0.3 is 15.4 Å². The molecule has 1 aromatic rings. The van der Waals surface area contributed by atoms with Crippen LogP contribution in [0.1, 0.15) is 11.3 Å². The van der Waals surface area contributed by atoms with Gasteiger partial charge in [-0.1, -0.05) is 0 Å². The van der Waals surface area contributed by atoms with Crippen molar-refractivity contribution in [2.45, 2.75) is 13.0 Å². The molecular formula is C8H12N2O2. The number of aryl methyl sites for hydroxylation is 1. The van der Waals surface area contributed by atoms with Gasteiger partial charge in [0.2, 0.25) is 0 Å². The van der Waals surface area contributed by atoms with Gasteiger partial charge in [0, 0.05) is 25.5 Å². The molecule has 4 nitrogen and oxygen atoms in total. The summed E-state index contributed by atoms with van der Waals surface area (Å²) in [5.41, 5.74) is 7.15. The quantitative estimate of drug-likeness (QED) is 0.673. The zero-order valence-corrected chi connectivity index (χ0v) is 6.95. The minimum absolute atomic E-state index is 0.0521. The molecule has 0 radical (unpaired) electrons. The maximum Gasteiger partial charge on any atom is 0.309 e. The molecule has 0 unspecified atom stereocenters.